The topological polar surface area (TPSA) is 64.1 Å². The maximum Gasteiger partial charge on any atom is 0.123 e. The Balaban J connectivity index is 1.43. The van der Waals surface area contributed by atoms with Gasteiger partial charge in [0.15, 0.2) is 0 Å². The summed E-state index contributed by atoms with van der Waals surface area (Å²) >= 11 is 0. The SMILES string of the molecule is C[C@@H](N)c1ccccc1CC[C@]1(O)CCC2=Cc3c(cnn3-c3ccc(F)cc3)C[C@@]21C. The lowest BCUT2D eigenvalue weighted by molar-refractivity contribution is -0.0462. The average Bonchev–Trinajstić information content (AvgIpc) is 3.29. The van der Waals surface area contributed by atoms with Gasteiger partial charge in [-0.1, -0.05) is 36.8 Å². The highest BCUT2D eigenvalue weighted by molar-refractivity contribution is 5.62. The van der Waals surface area contributed by atoms with Crippen LogP contribution in [0.25, 0.3) is 11.8 Å². The number of aliphatic hydroxyl groups is 1. The number of halogens is 1. The van der Waals surface area contributed by atoms with Crippen molar-refractivity contribution in [1.82, 2.24) is 9.78 Å². The van der Waals surface area contributed by atoms with Crippen molar-refractivity contribution in [2.24, 2.45) is 11.1 Å². The van der Waals surface area contributed by atoms with Gasteiger partial charge in [0.1, 0.15) is 5.82 Å². The van der Waals surface area contributed by atoms with Crippen LogP contribution in [-0.4, -0.2) is 20.5 Å². The van der Waals surface area contributed by atoms with Crippen LogP contribution in [0.15, 0.2) is 60.3 Å². The maximum absolute atomic E-state index is 13.4. The number of hydrogen-bond acceptors (Lipinski definition) is 3. The molecule has 3 N–H and O–H groups in total. The predicted octanol–water partition coefficient (Wildman–Crippen LogP) is 5.13. The van der Waals surface area contributed by atoms with Gasteiger partial charge in [-0.15, -0.1) is 0 Å². The van der Waals surface area contributed by atoms with Gasteiger partial charge in [0.25, 0.3) is 0 Å². The van der Waals surface area contributed by atoms with Gasteiger partial charge in [0, 0.05) is 11.5 Å². The van der Waals surface area contributed by atoms with Gasteiger partial charge >= 0.3 is 0 Å². The minimum Gasteiger partial charge on any atom is -0.389 e. The molecule has 0 bridgehead atoms. The first-order valence-corrected chi connectivity index (χ1v) is 11.4. The highest BCUT2D eigenvalue weighted by Gasteiger charge is 2.54. The molecule has 0 aliphatic heterocycles. The van der Waals surface area contributed by atoms with Gasteiger partial charge < -0.3 is 10.8 Å². The number of aromatic nitrogens is 2. The highest BCUT2D eigenvalue weighted by atomic mass is 19.1. The van der Waals surface area contributed by atoms with Crippen LogP contribution in [0.4, 0.5) is 4.39 Å². The fraction of sp³-hybridized carbons (Fsp3) is 0.370. The molecular weight excluding hydrogens is 401 g/mol. The molecule has 4 nitrogen and oxygen atoms in total. The van der Waals surface area contributed by atoms with E-state index in [-0.39, 0.29) is 17.3 Å². The van der Waals surface area contributed by atoms with E-state index >= 15 is 0 Å². The standard InChI is InChI=1S/C27H30FN3O/c1-18(29)24-6-4-3-5-19(24)11-13-27(32)14-12-21-15-25-20(16-26(21,27)2)17-30-31(25)23-9-7-22(28)8-10-23/h3-10,15,17-18,32H,11-14,16,29H2,1-2H3/t18-,26+,27+/m1/s1. The molecule has 0 amide bonds. The number of rotatable bonds is 5. The minimum absolute atomic E-state index is 0.0231. The van der Waals surface area contributed by atoms with Crippen LogP contribution in [0.5, 0.6) is 0 Å². The Morgan fingerprint density at radius 2 is 1.94 bits per heavy atom. The summed E-state index contributed by atoms with van der Waals surface area (Å²) in [4.78, 5) is 0. The summed E-state index contributed by atoms with van der Waals surface area (Å²) in [6.07, 6.45) is 7.97. The predicted molar refractivity (Wildman–Crippen MR) is 125 cm³/mol. The third-order valence-corrected chi connectivity index (χ3v) is 7.71. The Kier molecular flexibility index (Phi) is 5.06. The Bertz CT molecular complexity index is 1180. The second kappa shape index (κ2) is 7.68. The molecule has 166 valence electrons. The van der Waals surface area contributed by atoms with E-state index in [0.29, 0.717) is 6.42 Å². The van der Waals surface area contributed by atoms with E-state index in [2.05, 4.69) is 30.2 Å². The fourth-order valence-corrected chi connectivity index (χ4v) is 5.67. The molecule has 2 aliphatic rings. The molecule has 3 aromatic rings. The Hall–Kier alpha value is -2.76. The lowest BCUT2D eigenvalue weighted by Gasteiger charge is -2.42. The van der Waals surface area contributed by atoms with Gasteiger partial charge in [-0.25, -0.2) is 9.07 Å². The first-order chi connectivity index (χ1) is 15.3. The summed E-state index contributed by atoms with van der Waals surface area (Å²) in [5.41, 5.74) is 11.7. The van der Waals surface area contributed by atoms with E-state index in [1.54, 1.807) is 12.1 Å². The van der Waals surface area contributed by atoms with Gasteiger partial charge in [0.05, 0.1) is 23.2 Å². The molecule has 1 heterocycles. The van der Waals surface area contributed by atoms with Crippen molar-refractivity contribution in [1.29, 1.82) is 0 Å². The van der Waals surface area contributed by atoms with Crippen LogP contribution in [0.2, 0.25) is 0 Å². The van der Waals surface area contributed by atoms with Gasteiger partial charge in [0.2, 0.25) is 0 Å². The van der Waals surface area contributed by atoms with Crippen molar-refractivity contribution in [3.8, 4) is 5.69 Å². The Morgan fingerprint density at radius 3 is 2.69 bits per heavy atom. The Morgan fingerprint density at radius 1 is 1.19 bits per heavy atom. The third kappa shape index (κ3) is 3.31. The smallest absolute Gasteiger partial charge is 0.123 e. The van der Waals surface area contributed by atoms with E-state index in [1.807, 2.05) is 29.9 Å². The van der Waals surface area contributed by atoms with Crippen LogP contribution in [-0.2, 0) is 12.8 Å². The summed E-state index contributed by atoms with van der Waals surface area (Å²) in [7, 11) is 0. The second-order valence-corrected chi connectivity index (χ2v) is 9.64. The van der Waals surface area contributed by atoms with Crippen LogP contribution in [0.1, 0.15) is 61.5 Å². The van der Waals surface area contributed by atoms with E-state index < -0.39 is 5.60 Å². The molecule has 2 aromatic carbocycles. The molecule has 32 heavy (non-hydrogen) atoms. The number of benzene rings is 2. The molecular formula is C27H30FN3O. The zero-order valence-corrected chi connectivity index (χ0v) is 18.7. The monoisotopic (exact) mass is 431 g/mol. The number of nitrogens with two attached hydrogens (primary N) is 1. The summed E-state index contributed by atoms with van der Waals surface area (Å²) in [5.74, 6) is -0.257. The van der Waals surface area contributed by atoms with E-state index in [1.165, 1.54) is 23.3 Å². The van der Waals surface area contributed by atoms with Crippen LogP contribution >= 0.6 is 0 Å². The molecule has 0 spiro atoms. The molecule has 5 rings (SSSR count). The first-order valence-electron chi connectivity index (χ1n) is 11.4. The molecule has 3 atom stereocenters. The molecule has 0 saturated heterocycles. The normalized spacial score (nSPS) is 25.2. The molecule has 1 fully saturated rings. The third-order valence-electron chi connectivity index (χ3n) is 7.71. The molecule has 0 radical (unpaired) electrons. The fourth-order valence-electron chi connectivity index (χ4n) is 5.67. The van der Waals surface area contributed by atoms with E-state index in [4.69, 9.17) is 5.73 Å². The summed E-state index contributed by atoms with van der Waals surface area (Å²) in [5, 5.41) is 16.5. The number of fused-ring (bicyclic) bond motifs is 2. The number of aryl methyl sites for hydroxylation is 1. The van der Waals surface area contributed by atoms with Crippen molar-refractivity contribution in [2.45, 2.75) is 57.6 Å². The minimum atomic E-state index is -0.778. The summed E-state index contributed by atoms with van der Waals surface area (Å²) in [6.45, 7) is 4.20. The highest BCUT2D eigenvalue weighted by Crippen LogP contribution is 2.56. The average molecular weight is 432 g/mol. The summed E-state index contributed by atoms with van der Waals surface area (Å²) < 4.78 is 15.2. The number of nitrogens with zero attached hydrogens (tertiary/aromatic N) is 2. The van der Waals surface area contributed by atoms with Crippen molar-refractivity contribution in [2.75, 3.05) is 0 Å². The molecule has 2 aliphatic carbocycles. The van der Waals surface area contributed by atoms with Crippen LogP contribution < -0.4 is 5.73 Å². The van der Waals surface area contributed by atoms with Gasteiger partial charge in [-0.05, 0) is 86.1 Å². The second-order valence-electron chi connectivity index (χ2n) is 9.64. The van der Waals surface area contributed by atoms with Crippen molar-refractivity contribution >= 4 is 6.08 Å². The zero-order valence-electron chi connectivity index (χ0n) is 18.7. The van der Waals surface area contributed by atoms with Crippen molar-refractivity contribution in [3.63, 3.8) is 0 Å². The van der Waals surface area contributed by atoms with Crippen LogP contribution in [0, 0.1) is 11.2 Å². The molecule has 1 aromatic heterocycles. The largest absolute Gasteiger partial charge is 0.389 e. The first kappa shape index (κ1) is 21.1. The zero-order chi connectivity index (χ0) is 22.5. The van der Waals surface area contributed by atoms with E-state index in [9.17, 15) is 9.50 Å². The van der Waals surface area contributed by atoms with E-state index in [0.717, 1.165) is 48.2 Å². The van der Waals surface area contributed by atoms with Gasteiger partial charge in [-0.2, -0.15) is 5.10 Å². The quantitative estimate of drug-likeness (QED) is 0.588. The number of hydrogen-bond donors (Lipinski definition) is 2. The molecule has 5 heteroatoms. The summed E-state index contributed by atoms with van der Waals surface area (Å²) in [6, 6.07) is 14.7. The molecule has 0 unspecified atom stereocenters. The maximum atomic E-state index is 13.4. The molecule has 1 saturated carbocycles. The lowest BCUT2D eigenvalue weighted by Crippen LogP contribution is -2.45. The van der Waals surface area contributed by atoms with Crippen LogP contribution in [0.3, 0.4) is 0 Å². The van der Waals surface area contributed by atoms with Gasteiger partial charge in [-0.3, -0.25) is 0 Å². The Labute approximate surface area is 188 Å². The van der Waals surface area contributed by atoms with Crippen molar-refractivity contribution in [3.05, 3.63) is 88.5 Å². The van der Waals surface area contributed by atoms with Crippen molar-refractivity contribution < 1.29 is 9.50 Å². The lowest BCUT2D eigenvalue weighted by atomic mass is 9.65.